The van der Waals surface area contributed by atoms with Crippen molar-refractivity contribution in [2.75, 3.05) is 6.61 Å². The predicted octanol–water partition coefficient (Wildman–Crippen LogP) is 2.14. The van der Waals surface area contributed by atoms with Gasteiger partial charge in [-0.3, -0.25) is 0 Å². The smallest absolute Gasteiger partial charge is 0.243 e. The highest BCUT2D eigenvalue weighted by molar-refractivity contribution is 5.03. The fourth-order valence-electron chi connectivity index (χ4n) is 2.04. The molecule has 1 aliphatic rings. The van der Waals surface area contributed by atoms with E-state index < -0.39 is 5.60 Å². The van der Waals surface area contributed by atoms with Gasteiger partial charge < -0.3 is 15.0 Å². The topological polar surface area (TPSA) is 74.2 Å². The fraction of sp³-hybridized carbons (Fsp3) is 0.833. The molecule has 2 rings (SSSR count). The Labute approximate surface area is 102 Å². The van der Waals surface area contributed by atoms with Gasteiger partial charge in [-0.25, -0.2) is 0 Å². The van der Waals surface area contributed by atoms with Crippen molar-refractivity contribution >= 4 is 0 Å². The zero-order chi connectivity index (χ0) is 12.5. The summed E-state index contributed by atoms with van der Waals surface area (Å²) in [5, 5.41) is 4.02. The van der Waals surface area contributed by atoms with Crippen molar-refractivity contribution in [3.05, 3.63) is 11.7 Å². The van der Waals surface area contributed by atoms with Crippen LogP contribution in [0.2, 0.25) is 0 Å². The molecule has 0 aromatic carbocycles. The molecule has 0 aliphatic carbocycles. The maximum atomic E-state index is 6.07. The Morgan fingerprint density at radius 1 is 1.53 bits per heavy atom. The van der Waals surface area contributed by atoms with E-state index in [4.69, 9.17) is 15.0 Å². The SMILES string of the molecule is CC[C@H](C)[C@H](N)c1nc(C2(C)CCCO2)no1. The summed E-state index contributed by atoms with van der Waals surface area (Å²) in [7, 11) is 0. The minimum Gasteiger partial charge on any atom is -0.367 e. The summed E-state index contributed by atoms with van der Waals surface area (Å²) < 4.78 is 10.9. The molecule has 17 heavy (non-hydrogen) atoms. The quantitative estimate of drug-likeness (QED) is 0.871. The predicted molar refractivity (Wildman–Crippen MR) is 63.2 cm³/mol. The highest BCUT2D eigenvalue weighted by Gasteiger charge is 2.37. The standard InChI is InChI=1S/C12H21N3O2/c1-4-8(2)9(13)10-14-11(15-17-10)12(3)6-5-7-16-12/h8-9H,4-7,13H2,1-3H3/t8-,9-,12?/m0/s1. The molecule has 3 atom stereocenters. The van der Waals surface area contributed by atoms with E-state index in [9.17, 15) is 0 Å². The second-order valence-corrected chi connectivity index (χ2v) is 5.05. The second kappa shape index (κ2) is 4.74. The molecule has 1 fully saturated rings. The number of nitrogens with zero attached hydrogens (tertiary/aromatic N) is 2. The molecular formula is C12H21N3O2. The molecule has 0 spiro atoms. The first-order valence-electron chi connectivity index (χ1n) is 6.30. The molecule has 1 aromatic heterocycles. The molecule has 0 amide bonds. The van der Waals surface area contributed by atoms with Gasteiger partial charge in [0, 0.05) is 6.61 Å². The lowest BCUT2D eigenvalue weighted by molar-refractivity contribution is 0.00768. The number of aromatic nitrogens is 2. The zero-order valence-electron chi connectivity index (χ0n) is 10.8. The highest BCUT2D eigenvalue weighted by Crippen LogP contribution is 2.34. The van der Waals surface area contributed by atoms with Crippen LogP contribution in [0.25, 0.3) is 0 Å². The van der Waals surface area contributed by atoms with Crippen molar-refractivity contribution in [3.8, 4) is 0 Å². The third-order valence-electron chi connectivity index (χ3n) is 3.68. The van der Waals surface area contributed by atoms with E-state index in [-0.39, 0.29) is 6.04 Å². The Balaban J connectivity index is 2.15. The summed E-state index contributed by atoms with van der Waals surface area (Å²) in [4.78, 5) is 4.41. The Morgan fingerprint density at radius 3 is 2.88 bits per heavy atom. The molecule has 5 heteroatoms. The van der Waals surface area contributed by atoms with E-state index in [1.807, 2.05) is 6.92 Å². The monoisotopic (exact) mass is 239 g/mol. The second-order valence-electron chi connectivity index (χ2n) is 5.05. The first kappa shape index (κ1) is 12.5. The largest absolute Gasteiger partial charge is 0.367 e. The number of nitrogens with two attached hydrogens (primary N) is 1. The Hall–Kier alpha value is -0.940. The Morgan fingerprint density at radius 2 is 2.29 bits per heavy atom. The lowest BCUT2D eigenvalue weighted by Crippen LogP contribution is -2.23. The minimum absolute atomic E-state index is 0.189. The van der Waals surface area contributed by atoms with Gasteiger partial charge in [0.1, 0.15) is 5.60 Å². The number of hydrogen-bond donors (Lipinski definition) is 1. The third-order valence-corrected chi connectivity index (χ3v) is 3.68. The van der Waals surface area contributed by atoms with E-state index in [2.05, 4.69) is 24.0 Å². The van der Waals surface area contributed by atoms with Gasteiger partial charge in [-0.1, -0.05) is 25.4 Å². The molecule has 0 saturated carbocycles. The van der Waals surface area contributed by atoms with Crippen LogP contribution >= 0.6 is 0 Å². The van der Waals surface area contributed by atoms with Gasteiger partial charge in [0.05, 0.1) is 6.04 Å². The summed E-state index contributed by atoms with van der Waals surface area (Å²) in [6.07, 6.45) is 2.97. The first-order chi connectivity index (χ1) is 8.07. The van der Waals surface area contributed by atoms with Crippen molar-refractivity contribution in [3.63, 3.8) is 0 Å². The van der Waals surface area contributed by atoms with Crippen LogP contribution in [0.4, 0.5) is 0 Å². The van der Waals surface area contributed by atoms with Gasteiger partial charge in [-0.2, -0.15) is 4.98 Å². The Bertz CT molecular complexity index is 372. The van der Waals surface area contributed by atoms with E-state index in [1.165, 1.54) is 0 Å². The number of hydrogen-bond acceptors (Lipinski definition) is 5. The van der Waals surface area contributed by atoms with Crippen molar-refractivity contribution in [2.24, 2.45) is 11.7 Å². The van der Waals surface area contributed by atoms with Crippen LogP contribution in [0.3, 0.4) is 0 Å². The summed E-state index contributed by atoms with van der Waals surface area (Å²) in [6.45, 7) is 6.95. The van der Waals surface area contributed by atoms with Gasteiger partial charge in [0.15, 0.2) is 0 Å². The zero-order valence-corrected chi connectivity index (χ0v) is 10.8. The summed E-state index contributed by atoms with van der Waals surface area (Å²) >= 11 is 0. The van der Waals surface area contributed by atoms with Gasteiger partial charge >= 0.3 is 0 Å². The van der Waals surface area contributed by atoms with Crippen LogP contribution < -0.4 is 5.73 Å². The van der Waals surface area contributed by atoms with Crippen molar-refractivity contribution < 1.29 is 9.26 Å². The normalized spacial score (nSPS) is 28.2. The van der Waals surface area contributed by atoms with Crippen molar-refractivity contribution in [1.82, 2.24) is 10.1 Å². The summed E-state index contributed by atoms with van der Waals surface area (Å²) in [6, 6.07) is -0.189. The molecule has 1 unspecified atom stereocenters. The van der Waals surface area contributed by atoms with Crippen LogP contribution in [-0.4, -0.2) is 16.7 Å². The molecule has 2 heterocycles. The molecule has 1 aliphatic heterocycles. The van der Waals surface area contributed by atoms with Crippen LogP contribution in [0.5, 0.6) is 0 Å². The molecule has 5 nitrogen and oxygen atoms in total. The van der Waals surface area contributed by atoms with Gasteiger partial charge in [0.2, 0.25) is 11.7 Å². The van der Waals surface area contributed by atoms with Crippen LogP contribution in [-0.2, 0) is 10.3 Å². The molecule has 96 valence electrons. The Kier molecular flexibility index (Phi) is 3.49. The van der Waals surface area contributed by atoms with E-state index in [0.29, 0.717) is 17.6 Å². The maximum Gasteiger partial charge on any atom is 0.243 e. The maximum absolute atomic E-state index is 6.07. The highest BCUT2D eigenvalue weighted by atomic mass is 16.5. The van der Waals surface area contributed by atoms with Crippen molar-refractivity contribution in [2.45, 2.75) is 51.7 Å². The van der Waals surface area contributed by atoms with Gasteiger partial charge in [-0.15, -0.1) is 0 Å². The molecule has 0 bridgehead atoms. The third kappa shape index (κ3) is 2.35. The van der Waals surface area contributed by atoms with Crippen LogP contribution in [0.15, 0.2) is 4.52 Å². The summed E-state index contributed by atoms with van der Waals surface area (Å²) in [5.74, 6) is 1.48. The fourth-order valence-corrected chi connectivity index (χ4v) is 2.04. The lowest BCUT2D eigenvalue weighted by atomic mass is 9.99. The van der Waals surface area contributed by atoms with E-state index in [1.54, 1.807) is 0 Å². The molecular weight excluding hydrogens is 218 g/mol. The van der Waals surface area contributed by atoms with Crippen molar-refractivity contribution in [1.29, 1.82) is 0 Å². The van der Waals surface area contributed by atoms with Gasteiger partial charge in [-0.05, 0) is 25.7 Å². The molecule has 0 radical (unpaired) electrons. The number of ether oxygens (including phenoxy) is 1. The average Bonchev–Trinajstić information content (AvgIpc) is 2.96. The van der Waals surface area contributed by atoms with E-state index >= 15 is 0 Å². The minimum atomic E-state index is -0.392. The van der Waals surface area contributed by atoms with Crippen LogP contribution in [0.1, 0.15) is 57.8 Å². The number of rotatable bonds is 4. The first-order valence-corrected chi connectivity index (χ1v) is 6.30. The molecule has 1 aromatic rings. The average molecular weight is 239 g/mol. The molecule has 2 N–H and O–H groups in total. The summed E-state index contributed by atoms with van der Waals surface area (Å²) in [5.41, 5.74) is 5.68. The van der Waals surface area contributed by atoms with Gasteiger partial charge in [0.25, 0.3) is 0 Å². The van der Waals surface area contributed by atoms with Crippen LogP contribution in [0, 0.1) is 5.92 Å². The lowest BCUT2D eigenvalue weighted by Gasteiger charge is -2.18. The van der Waals surface area contributed by atoms with E-state index in [0.717, 1.165) is 25.9 Å². The molecule has 1 saturated heterocycles.